The van der Waals surface area contributed by atoms with Crippen LogP contribution in [-0.2, 0) is 12.8 Å². The molecule has 0 aliphatic carbocycles. The minimum Gasteiger partial charge on any atom is -0.423 e. The number of hydrogen-bond acceptors (Lipinski definition) is 2. The quantitative estimate of drug-likeness (QED) is 0.198. The molecular formula is C28H32O2. The van der Waals surface area contributed by atoms with Gasteiger partial charge in [0, 0.05) is 0 Å². The van der Waals surface area contributed by atoms with Gasteiger partial charge in [0.15, 0.2) is 0 Å². The second-order valence-electron chi connectivity index (χ2n) is 7.83. The van der Waals surface area contributed by atoms with E-state index in [2.05, 4.69) is 38.1 Å². The van der Waals surface area contributed by atoms with Crippen molar-refractivity contribution in [2.45, 2.75) is 58.8 Å². The summed E-state index contributed by atoms with van der Waals surface area (Å²) in [6.45, 7) is 4.39. The Balaban J connectivity index is 1.53. The highest BCUT2D eigenvalue weighted by molar-refractivity contribution is 5.91. The molecule has 0 radical (unpaired) electrons. The van der Waals surface area contributed by atoms with Crippen molar-refractivity contribution in [3.63, 3.8) is 0 Å². The van der Waals surface area contributed by atoms with Crippen LogP contribution in [0, 0.1) is 0 Å². The lowest BCUT2D eigenvalue weighted by Gasteiger charge is -2.08. The second-order valence-corrected chi connectivity index (χ2v) is 7.83. The number of carbonyl (C=O) groups is 1. The fraction of sp³-hybridized carbons (Fsp3) is 0.321. The fourth-order valence-electron chi connectivity index (χ4n) is 3.55. The summed E-state index contributed by atoms with van der Waals surface area (Å²) >= 11 is 0. The molecule has 0 aliphatic rings. The topological polar surface area (TPSA) is 26.3 Å². The summed E-state index contributed by atoms with van der Waals surface area (Å²) in [5.74, 6) is 0.249. The van der Waals surface area contributed by atoms with E-state index in [4.69, 9.17) is 4.74 Å². The summed E-state index contributed by atoms with van der Waals surface area (Å²) < 4.78 is 5.55. The van der Waals surface area contributed by atoms with Gasteiger partial charge in [0.25, 0.3) is 0 Å². The van der Waals surface area contributed by atoms with E-state index in [1.807, 2.05) is 48.5 Å². The predicted octanol–water partition coefficient (Wildman–Crippen LogP) is 7.65. The minimum absolute atomic E-state index is 0.315. The molecule has 3 rings (SSSR count). The van der Waals surface area contributed by atoms with E-state index in [0.29, 0.717) is 11.3 Å². The Morgan fingerprint density at radius 3 is 1.83 bits per heavy atom. The molecule has 0 fully saturated rings. The van der Waals surface area contributed by atoms with Crippen LogP contribution in [-0.4, -0.2) is 5.97 Å². The zero-order valence-corrected chi connectivity index (χ0v) is 18.2. The molecule has 0 saturated carbocycles. The molecule has 0 aromatic heterocycles. The summed E-state index contributed by atoms with van der Waals surface area (Å²) in [6.07, 6.45) is 8.48. The van der Waals surface area contributed by atoms with E-state index in [0.717, 1.165) is 24.0 Å². The average Bonchev–Trinajstić information content (AvgIpc) is 2.80. The SMILES string of the molecule is CCCCCCCc1ccc(C(=O)Oc2ccc(-c3ccc(CC)cc3)cc2)cc1. The van der Waals surface area contributed by atoms with E-state index in [1.165, 1.54) is 43.2 Å². The lowest BCUT2D eigenvalue weighted by atomic mass is 10.0. The molecule has 0 amide bonds. The van der Waals surface area contributed by atoms with Gasteiger partial charge in [-0.2, -0.15) is 0 Å². The van der Waals surface area contributed by atoms with Crippen molar-refractivity contribution in [3.8, 4) is 16.9 Å². The Labute approximate surface area is 180 Å². The van der Waals surface area contributed by atoms with Gasteiger partial charge in [-0.1, -0.05) is 88.1 Å². The first-order valence-electron chi connectivity index (χ1n) is 11.2. The van der Waals surface area contributed by atoms with Crippen LogP contribution in [0.25, 0.3) is 11.1 Å². The summed E-state index contributed by atoms with van der Waals surface area (Å²) in [5.41, 5.74) is 5.47. The maximum Gasteiger partial charge on any atom is 0.343 e. The van der Waals surface area contributed by atoms with Crippen molar-refractivity contribution in [3.05, 3.63) is 89.5 Å². The van der Waals surface area contributed by atoms with Crippen molar-refractivity contribution >= 4 is 5.97 Å². The molecule has 2 nitrogen and oxygen atoms in total. The molecule has 0 spiro atoms. The van der Waals surface area contributed by atoms with Gasteiger partial charge in [0.05, 0.1) is 5.56 Å². The Morgan fingerprint density at radius 2 is 1.23 bits per heavy atom. The molecule has 3 aromatic carbocycles. The molecule has 0 heterocycles. The first-order valence-corrected chi connectivity index (χ1v) is 11.2. The molecular weight excluding hydrogens is 368 g/mol. The van der Waals surface area contributed by atoms with Crippen LogP contribution in [0.3, 0.4) is 0 Å². The van der Waals surface area contributed by atoms with Crippen molar-refractivity contribution in [2.75, 3.05) is 0 Å². The monoisotopic (exact) mass is 400 g/mol. The van der Waals surface area contributed by atoms with Gasteiger partial charge in [-0.3, -0.25) is 0 Å². The molecule has 0 unspecified atom stereocenters. The first-order chi connectivity index (χ1) is 14.7. The molecule has 0 saturated heterocycles. The van der Waals surface area contributed by atoms with Gasteiger partial charge in [0.1, 0.15) is 5.75 Å². The molecule has 30 heavy (non-hydrogen) atoms. The van der Waals surface area contributed by atoms with Gasteiger partial charge in [-0.05, 0) is 65.8 Å². The Morgan fingerprint density at radius 1 is 0.667 bits per heavy atom. The largest absolute Gasteiger partial charge is 0.423 e. The highest BCUT2D eigenvalue weighted by Gasteiger charge is 2.09. The maximum absolute atomic E-state index is 12.5. The summed E-state index contributed by atoms with van der Waals surface area (Å²) in [5, 5.41) is 0. The summed E-state index contributed by atoms with van der Waals surface area (Å²) in [7, 11) is 0. The van der Waals surface area contributed by atoms with Crippen molar-refractivity contribution in [1.29, 1.82) is 0 Å². The zero-order valence-electron chi connectivity index (χ0n) is 18.2. The van der Waals surface area contributed by atoms with Crippen LogP contribution in [0.4, 0.5) is 0 Å². The molecule has 0 atom stereocenters. The van der Waals surface area contributed by atoms with E-state index < -0.39 is 0 Å². The summed E-state index contributed by atoms with van der Waals surface area (Å²) in [4.78, 5) is 12.5. The number of aryl methyl sites for hydroxylation is 2. The van der Waals surface area contributed by atoms with Crippen LogP contribution in [0.15, 0.2) is 72.8 Å². The van der Waals surface area contributed by atoms with Crippen LogP contribution in [0.1, 0.15) is 67.4 Å². The lowest BCUT2D eigenvalue weighted by Crippen LogP contribution is -2.08. The van der Waals surface area contributed by atoms with Crippen molar-refractivity contribution in [1.82, 2.24) is 0 Å². The number of hydrogen-bond donors (Lipinski definition) is 0. The van der Waals surface area contributed by atoms with E-state index in [1.54, 1.807) is 0 Å². The van der Waals surface area contributed by atoms with Gasteiger partial charge < -0.3 is 4.74 Å². The molecule has 3 aromatic rings. The van der Waals surface area contributed by atoms with Gasteiger partial charge in [0.2, 0.25) is 0 Å². The number of esters is 1. The third-order valence-electron chi connectivity index (χ3n) is 5.52. The molecule has 2 heteroatoms. The lowest BCUT2D eigenvalue weighted by molar-refractivity contribution is 0.0735. The van der Waals surface area contributed by atoms with Crippen molar-refractivity contribution < 1.29 is 9.53 Å². The van der Waals surface area contributed by atoms with E-state index in [-0.39, 0.29) is 5.97 Å². The van der Waals surface area contributed by atoms with Crippen LogP contribution in [0.5, 0.6) is 5.75 Å². The molecule has 0 N–H and O–H groups in total. The van der Waals surface area contributed by atoms with Crippen LogP contribution < -0.4 is 4.74 Å². The third kappa shape index (κ3) is 6.32. The number of ether oxygens (including phenoxy) is 1. The second kappa shape index (κ2) is 11.3. The highest BCUT2D eigenvalue weighted by Crippen LogP contribution is 2.23. The standard InChI is InChI=1S/C28H32O2/c1-3-5-6-7-8-9-23-12-16-26(17-13-23)28(29)30-27-20-18-25(19-21-27)24-14-10-22(4-2)11-15-24/h10-21H,3-9H2,1-2H3. The number of carbonyl (C=O) groups excluding carboxylic acids is 1. The predicted molar refractivity (Wildman–Crippen MR) is 125 cm³/mol. The van der Waals surface area contributed by atoms with E-state index in [9.17, 15) is 4.79 Å². The average molecular weight is 401 g/mol. The Hall–Kier alpha value is -2.87. The van der Waals surface area contributed by atoms with Gasteiger partial charge in [-0.25, -0.2) is 4.79 Å². The Kier molecular flexibility index (Phi) is 8.26. The zero-order chi connectivity index (χ0) is 21.2. The van der Waals surface area contributed by atoms with Crippen molar-refractivity contribution in [2.24, 2.45) is 0 Å². The normalized spacial score (nSPS) is 10.7. The first kappa shape index (κ1) is 21.8. The van der Waals surface area contributed by atoms with Crippen LogP contribution >= 0.6 is 0 Å². The number of rotatable bonds is 10. The van der Waals surface area contributed by atoms with Crippen LogP contribution in [0.2, 0.25) is 0 Å². The number of benzene rings is 3. The maximum atomic E-state index is 12.5. The molecule has 0 aliphatic heterocycles. The minimum atomic E-state index is -0.315. The smallest absolute Gasteiger partial charge is 0.343 e. The van der Waals surface area contributed by atoms with Gasteiger partial charge >= 0.3 is 5.97 Å². The summed E-state index contributed by atoms with van der Waals surface area (Å²) in [6, 6.07) is 24.1. The van der Waals surface area contributed by atoms with Gasteiger partial charge in [-0.15, -0.1) is 0 Å². The molecule has 156 valence electrons. The number of unbranched alkanes of at least 4 members (excludes halogenated alkanes) is 4. The fourth-order valence-corrected chi connectivity index (χ4v) is 3.55. The Bertz CT molecular complexity index is 906. The highest BCUT2D eigenvalue weighted by atomic mass is 16.5. The third-order valence-corrected chi connectivity index (χ3v) is 5.52. The van der Waals surface area contributed by atoms with E-state index >= 15 is 0 Å². The molecule has 0 bridgehead atoms.